The minimum atomic E-state index is -0.829. The maximum atomic E-state index is 13.2. The number of phenols is 1. The summed E-state index contributed by atoms with van der Waals surface area (Å²) in [6.45, 7) is 0. The predicted molar refractivity (Wildman–Crippen MR) is 70.7 cm³/mol. The Labute approximate surface area is 118 Å². The van der Waals surface area contributed by atoms with Crippen LogP contribution in [0.3, 0.4) is 0 Å². The van der Waals surface area contributed by atoms with Crippen molar-refractivity contribution < 1.29 is 19.1 Å². The van der Waals surface area contributed by atoms with E-state index < -0.39 is 23.4 Å². The molecule has 0 aromatic heterocycles. The first-order chi connectivity index (χ1) is 9.50. The van der Waals surface area contributed by atoms with Crippen LogP contribution in [-0.4, -0.2) is 16.9 Å². The lowest BCUT2D eigenvalue weighted by molar-refractivity contribution is 0.0925. The molecule has 1 heterocycles. The first-order valence-corrected chi connectivity index (χ1v) is 6.04. The molecule has 0 aliphatic carbocycles. The number of amides is 2. The quantitative estimate of drug-likeness (QED) is 0.822. The van der Waals surface area contributed by atoms with Gasteiger partial charge in [0.25, 0.3) is 11.8 Å². The average Bonchev–Trinajstić information content (AvgIpc) is 2.68. The van der Waals surface area contributed by atoms with Gasteiger partial charge in [0.15, 0.2) is 0 Å². The molecule has 4 nitrogen and oxygen atoms in total. The molecule has 0 unspecified atom stereocenters. The zero-order chi connectivity index (χ0) is 14.4. The summed E-state index contributed by atoms with van der Waals surface area (Å²) in [6, 6.07) is 8.10. The second-order valence-electron chi connectivity index (χ2n) is 4.25. The highest BCUT2D eigenvalue weighted by molar-refractivity contribution is 6.36. The molecule has 6 heteroatoms. The molecule has 1 aliphatic heterocycles. The van der Waals surface area contributed by atoms with Crippen LogP contribution in [0.2, 0.25) is 5.02 Å². The molecule has 2 amide bonds. The van der Waals surface area contributed by atoms with E-state index >= 15 is 0 Å². The Morgan fingerprint density at radius 2 is 1.60 bits per heavy atom. The minimum Gasteiger partial charge on any atom is -0.506 e. The van der Waals surface area contributed by atoms with Gasteiger partial charge in [-0.2, -0.15) is 0 Å². The number of aromatic hydroxyl groups is 1. The fourth-order valence-electron chi connectivity index (χ4n) is 2.11. The number of hydrogen-bond acceptors (Lipinski definition) is 3. The summed E-state index contributed by atoms with van der Waals surface area (Å²) in [5, 5.41) is 9.46. The molecular weight excluding hydrogens is 285 g/mol. The second kappa shape index (κ2) is 4.31. The van der Waals surface area contributed by atoms with Crippen LogP contribution in [0.1, 0.15) is 20.7 Å². The Morgan fingerprint density at radius 1 is 1.05 bits per heavy atom. The van der Waals surface area contributed by atoms with E-state index in [1.54, 1.807) is 12.1 Å². The number of nitrogens with zero attached hydrogens (tertiary/aromatic N) is 1. The largest absolute Gasteiger partial charge is 0.506 e. The molecule has 1 N–H and O–H groups in total. The lowest BCUT2D eigenvalue weighted by Crippen LogP contribution is -2.29. The number of carbonyl (C=O) groups is 2. The van der Waals surface area contributed by atoms with Crippen molar-refractivity contribution in [3.8, 4) is 5.75 Å². The lowest BCUT2D eigenvalue weighted by Gasteiger charge is -2.15. The van der Waals surface area contributed by atoms with Crippen molar-refractivity contribution in [2.75, 3.05) is 4.90 Å². The van der Waals surface area contributed by atoms with Crippen LogP contribution in [0.25, 0.3) is 0 Å². The normalized spacial score (nSPS) is 13.8. The molecule has 0 spiro atoms. The summed E-state index contributed by atoms with van der Waals surface area (Å²) < 4.78 is 13.2. The number of fused-ring (bicyclic) bond motifs is 1. The van der Waals surface area contributed by atoms with Crippen molar-refractivity contribution in [2.45, 2.75) is 0 Å². The molecule has 20 heavy (non-hydrogen) atoms. The molecule has 100 valence electrons. The van der Waals surface area contributed by atoms with Crippen molar-refractivity contribution in [2.24, 2.45) is 0 Å². The molecule has 2 aromatic carbocycles. The van der Waals surface area contributed by atoms with Gasteiger partial charge in [0.05, 0.1) is 21.8 Å². The van der Waals surface area contributed by atoms with E-state index in [1.807, 2.05) is 0 Å². The topological polar surface area (TPSA) is 57.6 Å². The van der Waals surface area contributed by atoms with E-state index in [4.69, 9.17) is 11.6 Å². The van der Waals surface area contributed by atoms with E-state index in [-0.39, 0.29) is 21.8 Å². The third-order valence-electron chi connectivity index (χ3n) is 3.05. The highest BCUT2D eigenvalue weighted by Gasteiger charge is 2.37. The number of anilines is 1. The SMILES string of the molecule is O=C1c2ccccc2C(=O)N1c1cc(Cl)c(F)cc1O. The Bertz CT molecular complexity index is 725. The van der Waals surface area contributed by atoms with Gasteiger partial charge in [0, 0.05) is 6.07 Å². The molecule has 0 saturated carbocycles. The molecule has 0 fully saturated rings. The number of hydrogen-bond donors (Lipinski definition) is 1. The Kier molecular flexibility index (Phi) is 2.72. The van der Waals surface area contributed by atoms with Gasteiger partial charge in [-0.1, -0.05) is 23.7 Å². The number of phenolic OH excluding ortho intramolecular Hbond substituents is 1. The summed E-state index contributed by atoms with van der Waals surface area (Å²) in [5.74, 6) is -2.52. The summed E-state index contributed by atoms with van der Waals surface area (Å²) in [7, 11) is 0. The zero-order valence-electron chi connectivity index (χ0n) is 9.93. The van der Waals surface area contributed by atoms with E-state index in [9.17, 15) is 19.1 Å². The second-order valence-corrected chi connectivity index (χ2v) is 4.65. The van der Waals surface area contributed by atoms with Crippen LogP contribution in [-0.2, 0) is 0 Å². The van der Waals surface area contributed by atoms with Gasteiger partial charge in [-0.05, 0) is 18.2 Å². The molecule has 0 saturated heterocycles. The molecule has 1 aliphatic rings. The van der Waals surface area contributed by atoms with Gasteiger partial charge in [-0.3, -0.25) is 9.59 Å². The molecular formula is C14H7ClFNO3. The van der Waals surface area contributed by atoms with Crippen molar-refractivity contribution in [1.29, 1.82) is 0 Å². The number of halogens is 2. The van der Waals surface area contributed by atoms with Gasteiger partial charge >= 0.3 is 0 Å². The van der Waals surface area contributed by atoms with Gasteiger partial charge < -0.3 is 5.11 Å². The molecule has 3 rings (SSSR count). The van der Waals surface area contributed by atoms with E-state index in [0.29, 0.717) is 0 Å². The van der Waals surface area contributed by atoms with Gasteiger partial charge in [0.1, 0.15) is 11.6 Å². The highest BCUT2D eigenvalue weighted by atomic mass is 35.5. The molecule has 2 aromatic rings. The van der Waals surface area contributed by atoms with E-state index in [1.165, 1.54) is 12.1 Å². The smallest absolute Gasteiger partial charge is 0.266 e. The van der Waals surface area contributed by atoms with Crippen molar-refractivity contribution >= 4 is 29.1 Å². The molecule has 0 atom stereocenters. The van der Waals surface area contributed by atoms with E-state index in [0.717, 1.165) is 17.0 Å². The van der Waals surface area contributed by atoms with Crippen LogP contribution < -0.4 is 4.90 Å². The molecule has 0 bridgehead atoms. The summed E-state index contributed by atoms with van der Waals surface area (Å²) >= 11 is 5.64. The number of benzene rings is 2. The maximum Gasteiger partial charge on any atom is 0.266 e. The first-order valence-electron chi connectivity index (χ1n) is 5.66. The average molecular weight is 292 g/mol. The van der Waals surface area contributed by atoms with Gasteiger partial charge in [0.2, 0.25) is 0 Å². The third kappa shape index (κ3) is 1.67. The Balaban J connectivity index is 2.17. The number of carbonyl (C=O) groups excluding carboxylic acids is 2. The van der Waals surface area contributed by atoms with Gasteiger partial charge in [-0.15, -0.1) is 0 Å². The third-order valence-corrected chi connectivity index (χ3v) is 3.34. The van der Waals surface area contributed by atoms with Crippen LogP contribution in [0, 0.1) is 5.82 Å². The maximum absolute atomic E-state index is 13.2. The summed E-state index contributed by atoms with van der Waals surface area (Å²) in [6.07, 6.45) is 0. The molecule has 0 radical (unpaired) electrons. The highest BCUT2D eigenvalue weighted by Crippen LogP contribution is 2.37. The van der Waals surface area contributed by atoms with Crippen LogP contribution in [0.5, 0.6) is 5.75 Å². The van der Waals surface area contributed by atoms with Crippen molar-refractivity contribution in [3.63, 3.8) is 0 Å². The number of imide groups is 1. The first kappa shape index (κ1) is 12.6. The van der Waals surface area contributed by atoms with Crippen LogP contribution in [0.15, 0.2) is 36.4 Å². The Morgan fingerprint density at radius 3 is 2.15 bits per heavy atom. The van der Waals surface area contributed by atoms with Crippen molar-refractivity contribution in [1.82, 2.24) is 0 Å². The van der Waals surface area contributed by atoms with E-state index in [2.05, 4.69) is 0 Å². The lowest BCUT2D eigenvalue weighted by atomic mass is 10.1. The standard InChI is InChI=1S/C14H7ClFNO3/c15-9-5-11(12(18)6-10(9)16)17-13(19)7-3-1-2-4-8(7)14(17)20/h1-6,18H. The fourth-order valence-corrected chi connectivity index (χ4v) is 2.27. The van der Waals surface area contributed by atoms with Crippen molar-refractivity contribution in [3.05, 3.63) is 58.4 Å². The Hall–Kier alpha value is -2.40. The number of rotatable bonds is 1. The summed E-state index contributed by atoms with van der Waals surface area (Å²) in [5.41, 5.74) is 0.331. The fraction of sp³-hybridized carbons (Fsp3) is 0. The summed E-state index contributed by atoms with van der Waals surface area (Å²) in [4.78, 5) is 25.2. The van der Waals surface area contributed by atoms with Crippen LogP contribution >= 0.6 is 11.6 Å². The van der Waals surface area contributed by atoms with Crippen LogP contribution in [0.4, 0.5) is 10.1 Å². The predicted octanol–water partition coefficient (Wildman–Crippen LogP) is 2.99. The van der Waals surface area contributed by atoms with Gasteiger partial charge in [-0.25, -0.2) is 9.29 Å². The zero-order valence-corrected chi connectivity index (χ0v) is 10.7. The minimum absolute atomic E-state index is 0.136. The monoisotopic (exact) mass is 291 g/mol.